The van der Waals surface area contributed by atoms with Crippen molar-refractivity contribution in [1.82, 2.24) is 0 Å². The van der Waals surface area contributed by atoms with E-state index in [1.54, 1.807) is 0 Å². The zero-order valence-electron chi connectivity index (χ0n) is 25.6. The molecule has 1 unspecified atom stereocenters. The molecule has 7 N–H and O–H groups in total. The van der Waals surface area contributed by atoms with Crippen LogP contribution in [0.2, 0.25) is 0 Å². The maximum atomic E-state index is 12.7. The van der Waals surface area contributed by atoms with Gasteiger partial charge in [0.2, 0.25) is 0 Å². The maximum absolute atomic E-state index is 12.7. The summed E-state index contributed by atoms with van der Waals surface area (Å²) in [4.78, 5) is 37.2. The number of hydrogen-bond donors (Lipinski definition) is 4. The summed E-state index contributed by atoms with van der Waals surface area (Å²) in [6, 6.07) is 0. The van der Waals surface area contributed by atoms with Crippen LogP contribution in [0.4, 0.5) is 0 Å². The number of carbonyl (C=O) groups is 3. The molecule has 0 amide bonds. The first-order valence-corrected chi connectivity index (χ1v) is 15.8. The molecule has 3 aliphatic carbocycles. The number of aliphatic hydroxyl groups is 1. The predicted molar refractivity (Wildman–Crippen MR) is 155 cm³/mol. The number of hydrogen-bond acceptors (Lipinski definition) is 10. The van der Waals surface area contributed by atoms with Crippen molar-refractivity contribution in [3.05, 3.63) is 0 Å². The van der Waals surface area contributed by atoms with Crippen molar-refractivity contribution in [1.29, 1.82) is 0 Å². The number of aliphatic hydroxyl groups excluding tert-OH is 1. The molecule has 3 rings (SSSR count). The van der Waals surface area contributed by atoms with E-state index in [0.29, 0.717) is 24.7 Å². The molecule has 0 bridgehead atoms. The van der Waals surface area contributed by atoms with Crippen LogP contribution in [0.3, 0.4) is 0 Å². The van der Waals surface area contributed by atoms with Gasteiger partial charge in [-0.1, -0.05) is 27.7 Å². The second-order valence-corrected chi connectivity index (χ2v) is 13.3. The largest absolute Gasteiger partial charge is 0.461 e. The van der Waals surface area contributed by atoms with Crippen molar-refractivity contribution >= 4 is 17.9 Å². The third kappa shape index (κ3) is 7.25. The fourth-order valence-corrected chi connectivity index (χ4v) is 9.05. The van der Waals surface area contributed by atoms with Crippen molar-refractivity contribution in [3.8, 4) is 0 Å². The Morgan fingerprint density at radius 2 is 1.51 bits per heavy atom. The van der Waals surface area contributed by atoms with E-state index in [4.69, 9.17) is 31.4 Å². The van der Waals surface area contributed by atoms with Gasteiger partial charge in [0.1, 0.15) is 18.3 Å². The van der Waals surface area contributed by atoms with E-state index in [1.165, 1.54) is 0 Å². The Hall–Kier alpha value is -1.75. The van der Waals surface area contributed by atoms with Crippen LogP contribution < -0.4 is 17.2 Å². The van der Waals surface area contributed by atoms with Gasteiger partial charge in [-0.2, -0.15) is 0 Å². The summed E-state index contributed by atoms with van der Waals surface area (Å²) in [5.74, 6) is -0.208. The Bertz CT molecular complexity index is 893. The van der Waals surface area contributed by atoms with E-state index < -0.39 is 11.9 Å². The third-order valence-corrected chi connectivity index (χ3v) is 11.1. The van der Waals surface area contributed by atoms with Crippen LogP contribution in [0, 0.1) is 40.4 Å². The summed E-state index contributed by atoms with van der Waals surface area (Å²) in [6.07, 6.45) is 7.28. The van der Waals surface area contributed by atoms with E-state index in [9.17, 15) is 19.5 Å². The highest BCUT2D eigenvalue weighted by molar-refractivity contribution is 5.72. The van der Waals surface area contributed by atoms with Crippen molar-refractivity contribution in [2.24, 2.45) is 57.6 Å². The zero-order valence-corrected chi connectivity index (χ0v) is 25.6. The van der Waals surface area contributed by atoms with Gasteiger partial charge in [-0.3, -0.25) is 14.4 Å². The van der Waals surface area contributed by atoms with Crippen LogP contribution in [0.25, 0.3) is 0 Å². The monoisotopic (exact) mass is 581 g/mol. The highest BCUT2D eigenvalue weighted by Gasteiger charge is 2.64. The molecule has 0 aromatic rings. The first-order chi connectivity index (χ1) is 19.5. The molecule has 0 aromatic heterocycles. The van der Waals surface area contributed by atoms with Gasteiger partial charge in [0.25, 0.3) is 0 Å². The maximum Gasteiger partial charge on any atom is 0.319 e. The lowest BCUT2D eigenvalue weighted by Crippen LogP contribution is -2.59. The minimum atomic E-state index is -0.401. The standard InChI is InChI=1S/C31H55N3O7/c1-5-24(40-27(37)17-33)29-22-9-8-21(19(2)7-6-14-35)31(22,4)25(41-28(38)18-34)15-23(29)30(3)12-10-20(11-13-30)39-26(36)16-32/h19-25,29,35H,5-18,32-34H2,1-4H3/t19-,20-,21-,22+,23+,24-,25+,29?,30+,31-/m1/s1. The van der Waals surface area contributed by atoms with Crippen molar-refractivity contribution in [2.45, 2.75) is 110 Å². The molecule has 10 heteroatoms. The molecular weight excluding hydrogens is 526 g/mol. The molecule has 3 aliphatic rings. The molecule has 8 atom stereocenters. The number of esters is 3. The van der Waals surface area contributed by atoms with E-state index in [-0.39, 0.29) is 79.1 Å². The smallest absolute Gasteiger partial charge is 0.319 e. The van der Waals surface area contributed by atoms with E-state index in [0.717, 1.165) is 51.4 Å². The lowest BCUT2D eigenvalue weighted by atomic mass is 9.48. The van der Waals surface area contributed by atoms with Gasteiger partial charge in [-0.15, -0.1) is 0 Å². The van der Waals surface area contributed by atoms with Crippen LogP contribution in [0.15, 0.2) is 0 Å². The zero-order chi connectivity index (χ0) is 30.4. The van der Waals surface area contributed by atoms with Crippen LogP contribution >= 0.6 is 0 Å². The average Bonchev–Trinajstić information content (AvgIpc) is 3.33. The second kappa shape index (κ2) is 14.6. The number of fused-ring (bicyclic) bond motifs is 1. The van der Waals surface area contributed by atoms with Gasteiger partial charge in [0, 0.05) is 17.9 Å². The molecule has 0 saturated heterocycles. The second-order valence-electron chi connectivity index (χ2n) is 13.3. The molecule has 0 spiro atoms. The first kappa shape index (κ1) is 33.7. The number of ether oxygens (including phenoxy) is 3. The van der Waals surface area contributed by atoms with Crippen LogP contribution in [-0.2, 0) is 28.6 Å². The van der Waals surface area contributed by atoms with Crippen LogP contribution in [0.1, 0.15) is 91.9 Å². The van der Waals surface area contributed by atoms with E-state index in [2.05, 4.69) is 27.7 Å². The summed E-state index contributed by atoms with van der Waals surface area (Å²) in [7, 11) is 0. The molecule has 0 aromatic carbocycles. The quantitative estimate of drug-likeness (QED) is 0.187. The topological polar surface area (TPSA) is 177 Å². The summed E-state index contributed by atoms with van der Waals surface area (Å²) in [6.45, 7) is 8.55. The SMILES string of the molecule is CC[C@@H](OC(=O)CN)C1[C@@H]2CC[C@H]([C@H](C)CCCO)[C@@]2(C)[C@@H](OC(=O)CN)C[C@@H]1[C@]1(C)CC[C@H](OC(=O)CN)CC1. The molecule has 41 heavy (non-hydrogen) atoms. The van der Waals surface area contributed by atoms with Gasteiger partial charge in [-0.25, -0.2) is 0 Å². The normalized spacial score (nSPS) is 36.6. The molecular formula is C31H55N3O7. The highest BCUT2D eigenvalue weighted by Crippen LogP contribution is 2.66. The minimum Gasteiger partial charge on any atom is -0.461 e. The summed E-state index contributed by atoms with van der Waals surface area (Å²) in [5, 5.41) is 9.52. The van der Waals surface area contributed by atoms with E-state index >= 15 is 0 Å². The van der Waals surface area contributed by atoms with Gasteiger partial charge >= 0.3 is 17.9 Å². The van der Waals surface area contributed by atoms with E-state index in [1.807, 2.05) is 0 Å². The summed E-state index contributed by atoms with van der Waals surface area (Å²) in [5.41, 5.74) is 16.5. The molecule has 236 valence electrons. The Morgan fingerprint density at radius 1 is 0.902 bits per heavy atom. The van der Waals surface area contributed by atoms with Crippen molar-refractivity contribution in [2.75, 3.05) is 26.2 Å². The molecule has 3 saturated carbocycles. The van der Waals surface area contributed by atoms with Crippen LogP contribution in [0.5, 0.6) is 0 Å². The minimum absolute atomic E-state index is 0.0662. The lowest BCUT2D eigenvalue weighted by Gasteiger charge is -2.59. The van der Waals surface area contributed by atoms with Gasteiger partial charge in [0.15, 0.2) is 0 Å². The van der Waals surface area contributed by atoms with Crippen molar-refractivity contribution < 1.29 is 33.7 Å². The highest BCUT2D eigenvalue weighted by atomic mass is 16.6. The molecule has 3 fully saturated rings. The molecule has 10 nitrogen and oxygen atoms in total. The summed E-state index contributed by atoms with van der Waals surface area (Å²) >= 11 is 0. The van der Waals surface area contributed by atoms with Gasteiger partial charge < -0.3 is 36.5 Å². The lowest BCUT2D eigenvalue weighted by molar-refractivity contribution is -0.198. The molecule has 0 heterocycles. The number of carbonyl (C=O) groups excluding carboxylic acids is 3. The Kier molecular flexibility index (Phi) is 12.0. The van der Waals surface area contributed by atoms with Crippen LogP contribution in [-0.4, -0.2) is 67.6 Å². The Morgan fingerprint density at radius 3 is 2.07 bits per heavy atom. The molecule has 0 aliphatic heterocycles. The Balaban J connectivity index is 2.03. The summed E-state index contributed by atoms with van der Waals surface area (Å²) < 4.78 is 17.9. The van der Waals surface area contributed by atoms with Crippen molar-refractivity contribution in [3.63, 3.8) is 0 Å². The number of rotatable bonds is 13. The fraction of sp³-hybridized carbons (Fsp3) is 0.903. The number of nitrogens with two attached hydrogens (primary N) is 3. The predicted octanol–water partition coefficient (Wildman–Crippen LogP) is 2.67. The first-order valence-electron chi connectivity index (χ1n) is 15.8. The average molecular weight is 582 g/mol. The fourth-order valence-electron chi connectivity index (χ4n) is 9.05. The third-order valence-electron chi connectivity index (χ3n) is 11.1. The Labute approximate surface area is 245 Å². The van der Waals surface area contributed by atoms with Gasteiger partial charge in [-0.05, 0) is 93.3 Å². The molecule has 0 radical (unpaired) electrons. The van der Waals surface area contributed by atoms with Gasteiger partial charge in [0.05, 0.1) is 19.6 Å².